The molecule has 0 saturated carbocycles. The van der Waals surface area contributed by atoms with Crippen molar-refractivity contribution in [2.75, 3.05) is 31.1 Å². The van der Waals surface area contributed by atoms with Crippen LogP contribution in [0.5, 0.6) is 0 Å². The molecule has 154 valence electrons. The number of guanidine groups is 1. The van der Waals surface area contributed by atoms with Crippen molar-refractivity contribution in [1.29, 1.82) is 0 Å². The summed E-state index contributed by atoms with van der Waals surface area (Å²) in [5.74, 6) is 1.71. The minimum absolute atomic E-state index is 0. The van der Waals surface area contributed by atoms with Crippen LogP contribution in [0.1, 0.15) is 36.3 Å². The van der Waals surface area contributed by atoms with Crippen LogP contribution in [0.3, 0.4) is 0 Å². The number of hydrogen-bond acceptors (Lipinski definition) is 5. The lowest BCUT2D eigenvalue weighted by Crippen LogP contribution is -2.39. The van der Waals surface area contributed by atoms with Gasteiger partial charge in [0.25, 0.3) is 0 Å². The minimum Gasteiger partial charge on any atom is -0.386 e. The monoisotopic (exact) mass is 535 g/mol. The Kier molecular flexibility index (Phi) is 9.76. The van der Waals surface area contributed by atoms with Crippen molar-refractivity contribution in [3.05, 3.63) is 45.2 Å². The zero-order valence-corrected chi connectivity index (χ0v) is 19.8. The maximum atomic E-state index is 10.3. The Hall–Kier alpha value is -1.10. The van der Waals surface area contributed by atoms with Crippen molar-refractivity contribution < 1.29 is 5.11 Å². The Bertz CT molecular complexity index is 749. The molecule has 1 atom stereocenters. The molecular weight excluding hydrogens is 509 g/mol. The fraction of sp³-hybridized carbons (Fsp3) is 0.474. The first-order chi connectivity index (χ1) is 13.2. The third kappa shape index (κ3) is 6.75. The Morgan fingerprint density at radius 1 is 1.29 bits per heavy atom. The molecular formula is C19H27ClIN5OS. The molecule has 9 heteroatoms. The summed E-state index contributed by atoms with van der Waals surface area (Å²) in [4.78, 5) is 12.3. The van der Waals surface area contributed by atoms with E-state index in [0.29, 0.717) is 23.4 Å². The SMILES string of the molecule is CCNC(=NCc1ccc(N2CCCC2)nc1)NCC(O)c1ccc(Cl)s1.I. The fourth-order valence-corrected chi connectivity index (χ4v) is 4.00. The topological polar surface area (TPSA) is 72.8 Å². The average Bonchev–Trinajstić information content (AvgIpc) is 3.36. The lowest BCUT2D eigenvalue weighted by molar-refractivity contribution is 0.184. The molecule has 1 unspecified atom stereocenters. The van der Waals surface area contributed by atoms with Gasteiger partial charge in [0.1, 0.15) is 11.9 Å². The summed E-state index contributed by atoms with van der Waals surface area (Å²) in [5, 5.41) is 16.6. The Labute approximate surface area is 192 Å². The van der Waals surface area contributed by atoms with Crippen LogP contribution in [0.4, 0.5) is 5.82 Å². The zero-order chi connectivity index (χ0) is 19.1. The Morgan fingerprint density at radius 2 is 2.07 bits per heavy atom. The van der Waals surface area contributed by atoms with Gasteiger partial charge in [0, 0.05) is 37.3 Å². The lowest BCUT2D eigenvalue weighted by atomic mass is 10.3. The zero-order valence-electron chi connectivity index (χ0n) is 15.9. The lowest BCUT2D eigenvalue weighted by Gasteiger charge is -2.16. The van der Waals surface area contributed by atoms with E-state index in [4.69, 9.17) is 11.6 Å². The first-order valence-electron chi connectivity index (χ1n) is 9.31. The summed E-state index contributed by atoms with van der Waals surface area (Å²) in [6.45, 7) is 5.85. The average molecular weight is 536 g/mol. The van der Waals surface area contributed by atoms with Gasteiger partial charge in [0.15, 0.2) is 5.96 Å². The highest BCUT2D eigenvalue weighted by atomic mass is 127. The third-order valence-electron chi connectivity index (χ3n) is 4.39. The maximum Gasteiger partial charge on any atom is 0.191 e. The van der Waals surface area contributed by atoms with Crippen molar-refractivity contribution >= 4 is 58.7 Å². The summed E-state index contributed by atoms with van der Waals surface area (Å²) < 4.78 is 0.675. The van der Waals surface area contributed by atoms with Gasteiger partial charge in [-0.2, -0.15) is 0 Å². The van der Waals surface area contributed by atoms with Crippen molar-refractivity contribution in [3.63, 3.8) is 0 Å². The van der Waals surface area contributed by atoms with Crippen molar-refractivity contribution in [3.8, 4) is 0 Å². The third-order valence-corrected chi connectivity index (χ3v) is 5.72. The molecule has 2 aromatic rings. The molecule has 2 aromatic heterocycles. The number of hydrogen-bond donors (Lipinski definition) is 3. The van der Waals surface area contributed by atoms with Gasteiger partial charge in [-0.25, -0.2) is 9.98 Å². The van der Waals surface area contributed by atoms with Crippen molar-refractivity contribution in [1.82, 2.24) is 15.6 Å². The van der Waals surface area contributed by atoms with E-state index in [1.165, 1.54) is 24.2 Å². The molecule has 0 aromatic carbocycles. The summed E-state index contributed by atoms with van der Waals surface area (Å²) >= 11 is 7.31. The predicted octanol–water partition coefficient (Wildman–Crippen LogP) is 3.80. The molecule has 1 aliphatic rings. The van der Waals surface area contributed by atoms with E-state index in [2.05, 4.69) is 37.6 Å². The molecule has 3 heterocycles. The van der Waals surface area contributed by atoms with Gasteiger partial charge in [0.05, 0.1) is 10.9 Å². The Morgan fingerprint density at radius 3 is 2.68 bits per heavy atom. The molecule has 0 bridgehead atoms. The second-order valence-electron chi connectivity index (χ2n) is 6.45. The number of thiophene rings is 1. The molecule has 3 rings (SSSR count). The van der Waals surface area contributed by atoms with E-state index in [0.717, 1.165) is 35.9 Å². The van der Waals surface area contributed by atoms with Crippen LogP contribution in [0, 0.1) is 0 Å². The first kappa shape index (κ1) is 23.2. The fourth-order valence-electron chi connectivity index (χ4n) is 2.96. The summed E-state index contributed by atoms with van der Waals surface area (Å²) in [5.41, 5.74) is 1.06. The van der Waals surface area contributed by atoms with Gasteiger partial charge in [-0.3, -0.25) is 0 Å². The van der Waals surface area contributed by atoms with Gasteiger partial charge in [-0.1, -0.05) is 17.7 Å². The number of nitrogens with one attached hydrogen (secondary N) is 2. The van der Waals surface area contributed by atoms with Crippen LogP contribution in [0.25, 0.3) is 0 Å². The molecule has 1 aliphatic heterocycles. The molecule has 3 N–H and O–H groups in total. The highest BCUT2D eigenvalue weighted by Gasteiger charge is 2.13. The van der Waals surface area contributed by atoms with E-state index < -0.39 is 6.10 Å². The van der Waals surface area contributed by atoms with Gasteiger partial charge >= 0.3 is 0 Å². The molecule has 0 aliphatic carbocycles. The summed E-state index contributed by atoms with van der Waals surface area (Å²) in [6.07, 6.45) is 3.76. The van der Waals surface area contributed by atoms with E-state index in [1.54, 1.807) is 6.07 Å². The second-order valence-corrected chi connectivity index (χ2v) is 8.20. The van der Waals surface area contributed by atoms with E-state index in [1.807, 2.05) is 19.2 Å². The molecule has 28 heavy (non-hydrogen) atoms. The molecule has 0 amide bonds. The van der Waals surface area contributed by atoms with Crippen molar-refractivity contribution in [2.45, 2.75) is 32.4 Å². The number of anilines is 1. The highest BCUT2D eigenvalue weighted by molar-refractivity contribution is 14.0. The second kappa shape index (κ2) is 11.8. The standard InChI is InChI=1S/C19H26ClN5OS.HI/c1-2-21-19(24-13-15(26)16-6-7-17(20)27-16)23-12-14-5-8-18(22-11-14)25-9-3-4-10-25;/h5-8,11,15,26H,2-4,9-10,12-13H2,1H3,(H2,21,23,24);1H. The summed E-state index contributed by atoms with van der Waals surface area (Å²) in [7, 11) is 0. The van der Waals surface area contributed by atoms with E-state index in [-0.39, 0.29) is 24.0 Å². The number of aliphatic imine (C=N–C) groups is 1. The molecule has 6 nitrogen and oxygen atoms in total. The largest absolute Gasteiger partial charge is 0.386 e. The number of nitrogens with zero attached hydrogens (tertiary/aromatic N) is 3. The number of aliphatic hydroxyl groups is 1. The number of pyridine rings is 1. The highest BCUT2D eigenvalue weighted by Crippen LogP contribution is 2.26. The number of rotatable bonds is 7. The normalized spacial score (nSPS) is 15.2. The van der Waals surface area contributed by atoms with Crippen LogP contribution in [0.15, 0.2) is 35.5 Å². The van der Waals surface area contributed by atoms with Crippen molar-refractivity contribution in [2.24, 2.45) is 4.99 Å². The Balaban J connectivity index is 0.00000280. The van der Waals surface area contributed by atoms with Gasteiger partial charge in [-0.05, 0) is 43.5 Å². The van der Waals surface area contributed by atoms with Crippen LogP contribution < -0.4 is 15.5 Å². The molecule has 0 radical (unpaired) electrons. The minimum atomic E-state index is -0.618. The van der Waals surface area contributed by atoms with Gasteiger partial charge < -0.3 is 20.6 Å². The van der Waals surface area contributed by atoms with E-state index in [9.17, 15) is 5.11 Å². The quantitative estimate of drug-likeness (QED) is 0.286. The predicted molar refractivity (Wildman–Crippen MR) is 128 cm³/mol. The summed E-state index contributed by atoms with van der Waals surface area (Å²) in [6, 6.07) is 7.79. The first-order valence-corrected chi connectivity index (χ1v) is 10.5. The van der Waals surface area contributed by atoms with Crippen LogP contribution in [0.2, 0.25) is 4.34 Å². The maximum absolute atomic E-state index is 10.3. The number of aliphatic hydroxyl groups excluding tert-OH is 1. The molecule has 0 spiro atoms. The van der Waals surface area contributed by atoms with Crippen LogP contribution in [-0.2, 0) is 6.54 Å². The van der Waals surface area contributed by atoms with E-state index >= 15 is 0 Å². The number of halogens is 2. The number of aromatic nitrogens is 1. The van der Waals surface area contributed by atoms with Gasteiger partial charge in [0.2, 0.25) is 0 Å². The molecule has 1 saturated heterocycles. The molecule has 1 fully saturated rings. The van der Waals surface area contributed by atoms with Gasteiger partial charge in [-0.15, -0.1) is 35.3 Å². The smallest absolute Gasteiger partial charge is 0.191 e. The van der Waals surface area contributed by atoms with Crippen LogP contribution >= 0.6 is 46.9 Å². The van der Waals surface area contributed by atoms with Crippen LogP contribution in [-0.4, -0.2) is 42.2 Å².